The molecular weight excluding hydrogens is 353 g/mol. The first-order valence-corrected chi connectivity index (χ1v) is 9.46. The number of nitrogens with one attached hydrogen (secondary N) is 2. The fourth-order valence-electron chi connectivity index (χ4n) is 2.45. The molecule has 0 amide bonds. The number of nitrogens with zero attached hydrogens (tertiary/aromatic N) is 1. The molecule has 1 aromatic heterocycles. The topological polar surface area (TPSA) is 71.1 Å². The largest absolute Gasteiger partial charge is 0.380 e. The summed E-state index contributed by atoms with van der Waals surface area (Å²) in [4.78, 5) is 4.32. The number of benzene rings is 2. The summed E-state index contributed by atoms with van der Waals surface area (Å²) < 4.78 is 41.0. The van der Waals surface area contributed by atoms with Crippen molar-refractivity contribution in [2.24, 2.45) is 0 Å². The van der Waals surface area contributed by atoms with Crippen LogP contribution in [0.3, 0.4) is 0 Å². The van der Waals surface area contributed by atoms with Crippen LogP contribution in [0.4, 0.5) is 15.9 Å². The van der Waals surface area contributed by atoms with Gasteiger partial charge in [0.05, 0.1) is 16.8 Å². The number of hydrogen-bond donors (Lipinski definition) is 2. The molecule has 0 atom stereocenters. The highest BCUT2D eigenvalue weighted by atomic mass is 32.2. The lowest BCUT2D eigenvalue weighted by molar-refractivity contribution is 0.600. The molecule has 0 spiro atoms. The lowest BCUT2D eigenvalue weighted by Gasteiger charge is -2.11. The van der Waals surface area contributed by atoms with Crippen LogP contribution >= 0.6 is 0 Å². The minimum Gasteiger partial charge on any atom is -0.380 e. The van der Waals surface area contributed by atoms with E-state index in [1.165, 1.54) is 12.3 Å². The van der Waals surface area contributed by atoms with E-state index in [0.717, 1.165) is 0 Å². The first kappa shape index (κ1) is 17.9. The van der Waals surface area contributed by atoms with Crippen molar-refractivity contribution in [3.05, 3.63) is 83.8 Å². The molecule has 134 valence electrons. The average Bonchev–Trinajstić information content (AvgIpc) is 2.62. The van der Waals surface area contributed by atoms with E-state index in [9.17, 15) is 12.8 Å². The van der Waals surface area contributed by atoms with Crippen LogP contribution in [-0.2, 0) is 16.6 Å². The van der Waals surface area contributed by atoms with Crippen LogP contribution < -0.4 is 10.0 Å². The number of aryl methyl sites for hydroxylation is 1. The van der Waals surface area contributed by atoms with Crippen molar-refractivity contribution in [2.75, 3.05) is 10.0 Å². The second kappa shape index (κ2) is 7.53. The van der Waals surface area contributed by atoms with E-state index in [1.54, 1.807) is 61.5 Å². The van der Waals surface area contributed by atoms with Crippen LogP contribution in [0.5, 0.6) is 0 Å². The van der Waals surface area contributed by atoms with Gasteiger partial charge in [-0.3, -0.25) is 4.72 Å². The van der Waals surface area contributed by atoms with Gasteiger partial charge in [0.25, 0.3) is 10.0 Å². The Labute approximate surface area is 152 Å². The Hall–Kier alpha value is -2.93. The predicted molar refractivity (Wildman–Crippen MR) is 100.0 cm³/mol. The molecule has 0 aliphatic rings. The fourth-order valence-corrected chi connectivity index (χ4v) is 3.70. The molecule has 0 saturated carbocycles. The Bertz CT molecular complexity index is 1010. The third-order valence-electron chi connectivity index (χ3n) is 3.83. The quantitative estimate of drug-likeness (QED) is 0.688. The summed E-state index contributed by atoms with van der Waals surface area (Å²) in [5.74, 6) is -0.0692. The zero-order chi connectivity index (χ0) is 18.6. The summed E-state index contributed by atoms with van der Waals surface area (Å²) >= 11 is 0. The molecule has 0 saturated heterocycles. The van der Waals surface area contributed by atoms with Crippen LogP contribution in [0.25, 0.3) is 0 Å². The Morgan fingerprint density at radius 3 is 2.42 bits per heavy atom. The van der Waals surface area contributed by atoms with Crippen molar-refractivity contribution < 1.29 is 12.8 Å². The monoisotopic (exact) mass is 371 g/mol. The molecular formula is C19H18FN3O2S. The Balaban J connectivity index is 1.68. The number of pyridine rings is 1. The summed E-state index contributed by atoms with van der Waals surface area (Å²) in [6.45, 7) is 2.04. The Morgan fingerprint density at radius 1 is 1.00 bits per heavy atom. The summed E-state index contributed by atoms with van der Waals surface area (Å²) in [5.41, 5.74) is 1.85. The number of hydrogen-bond acceptors (Lipinski definition) is 4. The smallest absolute Gasteiger partial charge is 0.263 e. The fraction of sp³-hybridized carbons (Fsp3) is 0.105. The zero-order valence-corrected chi connectivity index (χ0v) is 14.9. The number of rotatable bonds is 6. The van der Waals surface area contributed by atoms with Gasteiger partial charge in [-0.1, -0.05) is 36.4 Å². The van der Waals surface area contributed by atoms with Crippen molar-refractivity contribution in [3.8, 4) is 0 Å². The van der Waals surface area contributed by atoms with Gasteiger partial charge in [0, 0.05) is 12.1 Å². The normalized spacial score (nSPS) is 11.2. The van der Waals surface area contributed by atoms with Crippen molar-refractivity contribution in [3.63, 3.8) is 0 Å². The predicted octanol–water partition coefficient (Wildman–Crippen LogP) is 3.94. The maximum Gasteiger partial charge on any atom is 0.263 e. The van der Waals surface area contributed by atoms with Gasteiger partial charge in [-0.15, -0.1) is 0 Å². The first-order chi connectivity index (χ1) is 12.5. The summed E-state index contributed by atoms with van der Waals surface area (Å²) in [7, 11) is -3.70. The standard InChI is InChI=1S/C19H18FN3O2S/c1-14-6-2-5-9-18(14)26(24,25)23-19-11-10-16(13-22-19)21-12-15-7-3-4-8-17(15)20/h2-11,13,21H,12H2,1H3,(H,22,23). The second-order valence-electron chi connectivity index (χ2n) is 5.75. The highest BCUT2D eigenvalue weighted by Gasteiger charge is 2.16. The third-order valence-corrected chi connectivity index (χ3v) is 5.34. The molecule has 7 heteroatoms. The third kappa shape index (κ3) is 4.18. The summed E-state index contributed by atoms with van der Waals surface area (Å²) in [5, 5.41) is 3.05. The molecule has 1 heterocycles. The maximum absolute atomic E-state index is 13.6. The van der Waals surface area contributed by atoms with E-state index in [0.29, 0.717) is 23.4 Å². The van der Waals surface area contributed by atoms with E-state index in [-0.39, 0.29) is 16.5 Å². The van der Waals surface area contributed by atoms with E-state index < -0.39 is 10.0 Å². The zero-order valence-electron chi connectivity index (χ0n) is 14.1. The highest BCUT2D eigenvalue weighted by Crippen LogP contribution is 2.19. The summed E-state index contributed by atoms with van der Waals surface area (Å²) in [6, 6.07) is 16.5. The lowest BCUT2D eigenvalue weighted by Crippen LogP contribution is -2.15. The summed E-state index contributed by atoms with van der Waals surface area (Å²) in [6.07, 6.45) is 1.50. The van der Waals surface area contributed by atoms with Crippen molar-refractivity contribution in [1.29, 1.82) is 0 Å². The van der Waals surface area contributed by atoms with Crippen LogP contribution in [-0.4, -0.2) is 13.4 Å². The molecule has 0 unspecified atom stereocenters. The van der Waals surface area contributed by atoms with Gasteiger partial charge < -0.3 is 5.32 Å². The highest BCUT2D eigenvalue weighted by molar-refractivity contribution is 7.92. The molecule has 5 nitrogen and oxygen atoms in total. The van der Waals surface area contributed by atoms with Crippen molar-refractivity contribution >= 4 is 21.5 Å². The minimum atomic E-state index is -3.70. The molecule has 0 aliphatic carbocycles. The molecule has 0 bridgehead atoms. The van der Waals surface area contributed by atoms with Crippen LogP contribution in [0.2, 0.25) is 0 Å². The molecule has 0 radical (unpaired) electrons. The molecule has 3 aromatic rings. The van der Waals surface area contributed by atoms with Gasteiger partial charge in [-0.25, -0.2) is 17.8 Å². The number of anilines is 2. The van der Waals surface area contributed by atoms with E-state index in [4.69, 9.17) is 0 Å². The Morgan fingerprint density at radius 2 is 1.73 bits per heavy atom. The van der Waals surface area contributed by atoms with Crippen LogP contribution in [0.1, 0.15) is 11.1 Å². The molecule has 3 rings (SSSR count). The van der Waals surface area contributed by atoms with E-state index in [1.807, 2.05) is 0 Å². The second-order valence-corrected chi connectivity index (χ2v) is 7.40. The molecule has 0 fully saturated rings. The SMILES string of the molecule is Cc1ccccc1S(=O)(=O)Nc1ccc(NCc2ccccc2F)cn1. The minimum absolute atomic E-state index is 0.212. The van der Waals surface area contributed by atoms with Crippen LogP contribution in [0.15, 0.2) is 71.8 Å². The molecule has 0 aliphatic heterocycles. The van der Waals surface area contributed by atoms with Gasteiger partial charge in [0.2, 0.25) is 0 Å². The number of halogens is 1. The molecule has 2 aromatic carbocycles. The van der Waals surface area contributed by atoms with Crippen molar-refractivity contribution in [2.45, 2.75) is 18.4 Å². The van der Waals surface area contributed by atoms with Crippen LogP contribution in [0, 0.1) is 12.7 Å². The molecule has 26 heavy (non-hydrogen) atoms. The molecule has 2 N–H and O–H groups in total. The van der Waals surface area contributed by atoms with Crippen molar-refractivity contribution in [1.82, 2.24) is 4.98 Å². The lowest BCUT2D eigenvalue weighted by atomic mass is 10.2. The van der Waals surface area contributed by atoms with Gasteiger partial charge in [0.1, 0.15) is 11.6 Å². The Kier molecular flexibility index (Phi) is 5.18. The maximum atomic E-state index is 13.6. The van der Waals surface area contributed by atoms with Gasteiger partial charge in [-0.2, -0.15) is 0 Å². The van der Waals surface area contributed by atoms with E-state index in [2.05, 4.69) is 15.0 Å². The van der Waals surface area contributed by atoms with Gasteiger partial charge >= 0.3 is 0 Å². The van der Waals surface area contributed by atoms with E-state index >= 15 is 0 Å². The van der Waals surface area contributed by atoms with Gasteiger partial charge in [-0.05, 0) is 36.8 Å². The average molecular weight is 371 g/mol. The number of aromatic nitrogens is 1. The van der Waals surface area contributed by atoms with Gasteiger partial charge in [0.15, 0.2) is 0 Å². The first-order valence-electron chi connectivity index (χ1n) is 7.97. The number of sulfonamides is 1.